The van der Waals surface area contributed by atoms with E-state index in [2.05, 4.69) is 86.8 Å². The van der Waals surface area contributed by atoms with Crippen LogP contribution in [0.15, 0.2) is 85.1 Å². The van der Waals surface area contributed by atoms with Crippen molar-refractivity contribution in [3.8, 4) is 0 Å². The molecule has 338 valence electrons. The van der Waals surface area contributed by atoms with E-state index in [4.69, 9.17) is 18.5 Å². The van der Waals surface area contributed by atoms with Gasteiger partial charge in [-0.15, -0.1) is 0 Å². The van der Waals surface area contributed by atoms with Gasteiger partial charge in [-0.25, -0.2) is 4.57 Å². The molecule has 0 aliphatic rings. The predicted octanol–water partition coefficient (Wildman–Crippen LogP) is 13.2. The van der Waals surface area contributed by atoms with Crippen LogP contribution in [0, 0.1) is 0 Å². The van der Waals surface area contributed by atoms with Crippen LogP contribution in [-0.2, 0) is 32.7 Å². The molecule has 0 heterocycles. The van der Waals surface area contributed by atoms with E-state index in [0.717, 1.165) is 83.5 Å². The van der Waals surface area contributed by atoms with E-state index in [0.29, 0.717) is 23.9 Å². The molecule has 0 aromatic heterocycles. The third-order valence-electron chi connectivity index (χ3n) is 9.17. The first-order valence-electron chi connectivity index (χ1n) is 22.8. The number of carbonyl (C=O) groups excluding carboxylic acids is 2. The molecule has 2 atom stereocenters. The first-order chi connectivity index (χ1) is 28.5. The molecule has 0 aromatic carbocycles. The monoisotopic (exact) mass is 847 g/mol. The lowest BCUT2D eigenvalue weighted by Gasteiger charge is -2.24. The number of ether oxygens (including phenoxy) is 2. The highest BCUT2D eigenvalue weighted by Crippen LogP contribution is 2.43. The Labute approximate surface area is 361 Å². The maximum absolute atomic E-state index is 12.6. The van der Waals surface area contributed by atoms with Crippen LogP contribution in [0.25, 0.3) is 0 Å². The molecule has 0 radical (unpaired) electrons. The smallest absolute Gasteiger partial charge is 0.462 e. The van der Waals surface area contributed by atoms with E-state index in [1.165, 1.54) is 38.5 Å². The van der Waals surface area contributed by atoms with E-state index in [1.807, 2.05) is 33.3 Å². The number of allylic oxidation sites excluding steroid dienone is 14. The zero-order chi connectivity index (χ0) is 43.6. The SMILES string of the molecule is CC/C=C/C/C=C/C/C=C/C/C=C/C/C=C/CCCCCCCCC(=O)OCC(COP(=O)(O)OCC[N+](C)(C)C)OC(=O)CC/C=C/C/C=C/CCCCCCCC. The highest BCUT2D eigenvalue weighted by molar-refractivity contribution is 7.47. The van der Waals surface area contributed by atoms with E-state index in [-0.39, 0.29) is 26.1 Å². The van der Waals surface area contributed by atoms with Gasteiger partial charge in [0.05, 0.1) is 27.7 Å². The number of phosphoric acid groups is 1. The van der Waals surface area contributed by atoms with Crippen LogP contribution in [0.5, 0.6) is 0 Å². The first-order valence-corrected chi connectivity index (χ1v) is 24.3. The molecule has 0 aromatic rings. The van der Waals surface area contributed by atoms with Gasteiger partial charge in [-0.1, -0.05) is 157 Å². The molecular formula is C49H85NO8P+. The maximum atomic E-state index is 12.6. The minimum atomic E-state index is -4.40. The molecule has 10 heteroatoms. The average Bonchev–Trinajstić information content (AvgIpc) is 3.19. The molecule has 9 nitrogen and oxygen atoms in total. The van der Waals surface area contributed by atoms with Crippen LogP contribution in [0.3, 0.4) is 0 Å². The summed E-state index contributed by atoms with van der Waals surface area (Å²) in [5.74, 6) is -0.902. The van der Waals surface area contributed by atoms with Gasteiger partial charge in [0.25, 0.3) is 0 Å². The largest absolute Gasteiger partial charge is 0.472 e. The fraction of sp³-hybridized carbons (Fsp3) is 0.673. The number of hydrogen-bond donors (Lipinski definition) is 1. The predicted molar refractivity (Wildman–Crippen MR) is 247 cm³/mol. The summed E-state index contributed by atoms with van der Waals surface area (Å²) >= 11 is 0. The Morgan fingerprint density at radius 3 is 1.51 bits per heavy atom. The van der Waals surface area contributed by atoms with Crippen LogP contribution in [0.1, 0.15) is 162 Å². The van der Waals surface area contributed by atoms with Gasteiger partial charge in [-0.3, -0.25) is 18.6 Å². The van der Waals surface area contributed by atoms with Crippen molar-refractivity contribution >= 4 is 19.8 Å². The molecule has 0 aliphatic heterocycles. The van der Waals surface area contributed by atoms with Crippen LogP contribution < -0.4 is 0 Å². The summed E-state index contributed by atoms with van der Waals surface area (Å²) in [5.41, 5.74) is 0. The zero-order valence-electron chi connectivity index (χ0n) is 38.0. The molecule has 0 spiro atoms. The highest BCUT2D eigenvalue weighted by Gasteiger charge is 2.27. The lowest BCUT2D eigenvalue weighted by Crippen LogP contribution is -2.37. The van der Waals surface area contributed by atoms with E-state index in [1.54, 1.807) is 0 Å². The number of carbonyl (C=O) groups is 2. The Balaban J connectivity index is 4.39. The Hall–Kier alpha value is -2.81. The number of esters is 2. The number of unbranched alkanes of at least 4 members (excludes halogenated alkanes) is 12. The van der Waals surface area contributed by atoms with Gasteiger partial charge >= 0.3 is 19.8 Å². The van der Waals surface area contributed by atoms with Crippen molar-refractivity contribution < 1.29 is 42.1 Å². The maximum Gasteiger partial charge on any atom is 0.472 e. The minimum absolute atomic E-state index is 0.0155. The van der Waals surface area contributed by atoms with Gasteiger partial charge in [-0.05, 0) is 77.0 Å². The van der Waals surface area contributed by atoms with E-state index in [9.17, 15) is 19.0 Å². The van der Waals surface area contributed by atoms with Crippen LogP contribution in [0.4, 0.5) is 0 Å². The highest BCUT2D eigenvalue weighted by atomic mass is 31.2. The Morgan fingerprint density at radius 2 is 1.00 bits per heavy atom. The third-order valence-corrected chi connectivity index (χ3v) is 10.2. The number of phosphoric ester groups is 1. The van der Waals surface area contributed by atoms with Crippen molar-refractivity contribution in [2.45, 2.75) is 168 Å². The lowest BCUT2D eigenvalue weighted by atomic mass is 10.1. The van der Waals surface area contributed by atoms with Crippen molar-refractivity contribution in [3.63, 3.8) is 0 Å². The zero-order valence-corrected chi connectivity index (χ0v) is 38.8. The summed E-state index contributed by atoms with van der Waals surface area (Å²) in [4.78, 5) is 35.3. The molecule has 59 heavy (non-hydrogen) atoms. The van der Waals surface area contributed by atoms with Crippen LogP contribution >= 0.6 is 7.82 Å². The van der Waals surface area contributed by atoms with Gasteiger partial charge in [-0.2, -0.15) is 0 Å². The number of rotatable bonds is 40. The Bertz CT molecular complexity index is 1280. The summed E-state index contributed by atoms with van der Waals surface area (Å²) in [6.07, 6.45) is 52.2. The van der Waals surface area contributed by atoms with Gasteiger partial charge < -0.3 is 18.9 Å². The summed E-state index contributed by atoms with van der Waals surface area (Å²) in [6.45, 7) is 4.19. The summed E-state index contributed by atoms with van der Waals surface area (Å²) in [6, 6.07) is 0. The quantitative estimate of drug-likeness (QED) is 0.0214. The number of quaternary nitrogens is 1. The molecule has 0 saturated heterocycles. The molecular weight excluding hydrogens is 762 g/mol. The van der Waals surface area contributed by atoms with Crippen molar-refractivity contribution in [2.75, 3.05) is 47.5 Å². The molecule has 0 amide bonds. The average molecular weight is 847 g/mol. The fourth-order valence-corrected chi connectivity index (χ4v) is 6.36. The molecule has 0 aliphatic carbocycles. The summed E-state index contributed by atoms with van der Waals surface area (Å²) in [7, 11) is 1.42. The van der Waals surface area contributed by atoms with Crippen LogP contribution in [0.2, 0.25) is 0 Å². The number of nitrogens with zero attached hydrogens (tertiary/aromatic N) is 1. The first kappa shape index (κ1) is 56.2. The van der Waals surface area contributed by atoms with Gasteiger partial charge in [0.2, 0.25) is 0 Å². The third kappa shape index (κ3) is 44.6. The molecule has 1 N–H and O–H groups in total. The Morgan fingerprint density at radius 1 is 0.542 bits per heavy atom. The van der Waals surface area contributed by atoms with Crippen molar-refractivity contribution in [1.82, 2.24) is 0 Å². The van der Waals surface area contributed by atoms with Crippen LogP contribution in [-0.4, -0.2) is 74.9 Å². The fourth-order valence-electron chi connectivity index (χ4n) is 5.62. The Kier molecular flexibility index (Phi) is 38.7. The summed E-state index contributed by atoms with van der Waals surface area (Å²) < 4.78 is 34.2. The number of likely N-dealkylation sites (N-methyl/N-ethyl adjacent to an activating group) is 1. The van der Waals surface area contributed by atoms with Gasteiger partial charge in [0.1, 0.15) is 19.8 Å². The van der Waals surface area contributed by atoms with E-state index < -0.39 is 32.5 Å². The molecule has 0 fully saturated rings. The second-order valence-electron chi connectivity index (χ2n) is 16.0. The molecule has 0 saturated carbocycles. The van der Waals surface area contributed by atoms with Gasteiger partial charge in [0, 0.05) is 12.8 Å². The van der Waals surface area contributed by atoms with Gasteiger partial charge in [0.15, 0.2) is 6.10 Å². The number of hydrogen-bond acceptors (Lipinski definition) is 7. The van der Waals surface area contributed by atoms with Crippen molar-refractivity contribution in [2.24, 2.45) is 0 Å². The summed E-state index contributed by atoms with van der Waals surface area (Å²) in [5, 5.41) is 0. The second kappa shape index (κ2) is 40.6. The molecule has 0 rings (SSSR count). The topological polar surface area (TPSA) is 108 Å². The second-order valence-corrected chi connectivity index (χ2v) is 17.5. The molecule has 2 unspecified atom stereocenters. The lowest BCUT2D eigenvalue weighted by molar-refractivity contribution is -0.870. The minimum Gasteiger partial charge on any atom is -0.462 e. The normalized spacial score (nSPS) is 14.3. The van der Waals surface area contributed by atoms with Crippen molar-refractivity contribution in [1.29, 1.82) is 0 Å². The van der Waals surface area contributed by atoms with Crippen molar-refractivity contribution in [3.05, 3.63) is 85.1 Å². The molecule has 0 bridgehead atoms. The van der Waals surface area contributed by atoms with E-state index >= 15 is 0 Å². The standard InChI is InChI=1S/C49H84NO8P/c1-6-8-10-12-14-16-18-20-21-22-23-24-25-26-27-28-30-31-33-35-37-39-41-48(51)55-45-47(46-57-59(53,54)56-44-43-50(3,4)5)58-49(52)42-40-38-36-34-32-29-19-17-15-13-11-9-7-2/h8,10,14,16,20-21,23-24,26-27,29,32,36,38,47H,6-7,9,11-13,15,17-19,22,25,28,30-31,33-35,37,39-46H2,1-5H3/p+1/b10-8+,16-14+,21-20+,24-23+,27-26+,32-29+,38-36+.